The van der Waals surface area contributed by atoms with Crippen LogP contribution in [0.3, 0.4) is 0 Å². The Kier molecular flexibility index (Phi) is 47.6. The number of fused-ring (bicyclic) bond motifs is 1. The van der Waals surface area contributed by atoms with Crippen molar-refractivity contribution in [2.75, 3.05) is 0 Å². The molecule has 8 heteroatoms. The molecule has 0 aromatic carbocycles. The van der Waals surface area contributed by atoms with Crippen LogP contribution in [0.25, 0.3) is 48.8 Å². The molecule has 2 atom stereocenters. The van der Waals surface area contributed by atoms with Gasteiger partial charge in [0.05, 0.1) is 0 Å². The number of pyridine rings is 2. The second-order valence-electron chi connectivity index (χ2n) is 31.4. The fraction of sp³-hybridized carbons (Fsp3) is 0.739. The first-order chi connectivity index (χ1) is 49.1. The topological polar surface area (TPSA) is 44.0 Å². The summed E-state index contributed by atoms with van der Waals surface area (Å²) in [6.45, 7) is 20.0. The van der Waals surface area contributed by atoms with Gasteiger partial charge < -0.3 is 0 Å². The molecule has 0 spiro atoms. The molecule has 0 radical (unpaired) electrons. The van der Waals surface area contributed by atoms with Crippen LogP contribution in [0.4, 0.5) is 0 Å². The molecule has 0 aliphatic heterocycles. The molecule has 6 aromatic rings. The van der Waals surface area contributed by atoms with Gasteiger partial charge in [0.25, 0.3) is 0 Å². The van der Waals surface area contributed by atoms with E-state index in [9.17, 15) is 0 Å². The molecule has 0 aliphatic carbocycles. The van der Waals surface area contributed by atoms with E-state index < -0.39 is 0 Å². The molecule has 0 bridgehead atoms. The van der Waals surface area contributed by atoms with E-state index in [-0.39, 0.29) is 54.6 Å². The summed E-state index contributed by atoms with van der Waals surface area (Å²) in [7, 11) is 0. The van der Waals surface area contributed by atoms with Crippen molar-refractivity contribution in [3.8, 4) is 37.8 Å². The fourth-order valence-electron chi connectivity index (χ4n) is 16.1. The molecule has 6 heterocycles. The van der Waals surface area contributed by atoms with Crippen LogP contribution in [0.15, 0.2) is 58.1 Å². The first kappa shape index (κ1) is 87.1. The zero-order chi connectivity index (χ0) is 71.0. The van der Waals surface area contributed by atoms with Gasteiger partial charge >= 0.3 is 438 Å². The molecule has 0 fully saturated rings. The predicted molar refractivity (Wildman–Crippen MR) is 449 cm³/mol. The number of hydrogen-bond acceptors (Lipinski definition) is 2. The van der Waals surface area contributed by atoms with E-state index in [1.54, 1.807) is 28.9 Å². The van der Waals surface area contributed by atoms with Crippen molar-refractivity contribution in [3.63, 3.8) is 0 Å². The van der Waals surface area contributed by atoms with Crippen LogP contribution in [0.5, 0.6) is 0 Å². The molecule has 0 amide bonds. The van der Waals surface area contributed by atoms with Crippen molar-refractivity contribution in [1.82, 2.24) is 9.13 Å². The summed E-state index contributed by atoms with van der Waals surface area (Å²) in [4.78, 5) is 31.5. The quantitative estimate of drug-likeness (QED) is 0.0282. The van der Waals surface area contributed by atoms with Gasteiger partial charge in [0.2, 0.25) is 0 Å². The zero-order valence-electron chi connectivity index (χ0n) is 66.1. The van der Waals surface area contributed by atoms with Crippen LogP contribution < -0.4 is 11.1 Å². The molecule has 0 saturated carbocycles. The SMILES string of the molecule is CCCCCCCCCCCCC(CCCCCCCCCC)CCCCn1c(=O)c(-c2ccc(C)[se]2)cc2c1cc(-c1ccc(-c3cc(CCCCCC)c(-c4[se]c(C)cc4CCCCCC)[se]3)[se]1)c(=O)n2CCCCC(CCCCCCCCCC)CCCCCCCCCCCC. The molecule has 6 aromatic heterocycles. The minimum atomic E-state index is -0.00547. The van der Waals surface area contributed by atoms with Gasteiger partial charge in [0.1, 0.15) is 0 Å². The van der Waals surface area contributed by atoms with Gasteiger partial charge in [0, 0.05) is 0 Å². The van der Waals surface area contributed by atoms with E-state index in [1.165, 1.54) is 352 Å². The number of hydrogen-bond donors (Lipinski definition) is 0. The Hall–Kier alpha value is -1.84. The zero-order valence-corrected chi connectivity index (χ0v) is 73.0. The standard InChI is InChI=1S/C92H150N2O2Se4/c1-9-15-21-27-31-35-37-41-45-49-59-77(57-47-43-39-33-29-23-17-11-3)61-53-55-69-93-84-74-82(86-67-68-87(99-86)88-72-80(64-52-26-20-14-6)90(100-88)89-79(71-76(8)98-89)63-51-25-19-13-5)92(96)94(83(84)73-81(91(93)95)85-66-65-75(7)97-85)70-56-54-62-78(58-48-44-40-34-30-24-18-12-4)60-50-46-42-38-36-32-28-22-16-10-2/h65-68,71-74,77-78H,9-64,69-70H2,1-8H3. The maximum atomic E-state index is 16.0. The summed E-state index contributed by atoms with van der Waals surface area (Å²) in [5, 5.41) is 0. The number of unbranched alkanes of at least 4 members (excludes halogenated alkanes) is 40. The Labute approximate surface area is 639 Å². The Balaban J connectivity index is 1.32. The van der Waals surface area contributed by atoms with E-state index >= 15 is 9.59 Å². The van der Waals surface area contributed by atoms with E-state index in [4.69, 9.17) is 0 Å². The fourth-order valence-corrected chi connectivity index (χ4v) is 26.2. The predicted octanol–water partition coefficient (Wildman–Crippen LogP) is 28.2. The minimum absolute atomic E-state index is 0.00547. The Morgan fingerprint density at radius 2 is 0.580 bits per heavy atom. The maximum absolute atomic E-state index is 16.0. The van der Waals surface area contributed by atoms with Crippen LogP contribution in [0.2, 0.25) is 0 Å². The van der Waals surface area contributed by atoms with Crippen molar-refractivity contribution in [2.24, 2.45) is 11.8 Å². The number of rotatable bonds is 64. The van der Waals surface area contributed by atoms with E-state index in [0.717, 1.165) is 59.7 Å². The second kappa shape index (κ2) is 54.7. The smallest absolute Gasteiger partial charge is 0.0654 e. The van der Waals surface area contributed by atoms with Crippen LogP contribution in [0.1, 0.15) is 408 Å². The van der Waals surface area contributed by atoms with E-state index in [0.29, 0.717) is 27.6 Å². The van der Waals surface area contributed by atoms with Crippen LogP contribution >= 0.6 is 0 Å². The molecule has 0 saturated heterocycles. The summed E-state index contributed by atoms with van der Waals surface area (Å²) in [5.74, 6) is 1.54. The van der Waals surface area contributed by atoms with Gasteiger partial charge in [-0.05, 0) is 0 Å². The van der Waals surface area contributed by atoms with Crippen molar-refractivity contribution in [1.29, 1.82) is 0 Å². The summed E-state index contributed by atoms with van der Waals surface area (Å²) in [6.07, 6.45) is 75.1. The first-order valence-corrected chi connectivity index (χ1v) is 50.2. The Morgan fingerprint density at radius 1 is 0.280 bits per heavy atom. The van der Waals surface area contributed by atoms with Crippen LogP contribution in [-0.2, 0) is 25.9 Å². The van der Waals surface area contributed by atoms with Crippen molar-refractivity contribution < 1.29 is 0 Å². The van der Waals surface area contributed by atoms with E-state index in [2.05, 4.69) is 113 Å². The average molecular weight is 1630 g/mol. The molecule has 100 heavy (non-hydrogen) atoms. The third kappa shape index (κ3) is 33.1. The summed E-state index contributed by atoms with van der Waals surface area (Å²) < 4.78 is 16.2. The van der Waals surface area contributed by atoms with Gasteiger partial charge in [-0.15, -0.1) is 0 Å². The van der Waals surface area contributed by atoms with Gasteiger partial charge in [-0.1, -0.05) is 207 Å². The molecule has 6 rings (SSSR count). The number of aromatic nitrogens is 2. The summed E-state index contributed by atoms with van der Waals surface area (Å²) in [5.41, 5.74) is 7.26. The number of nitrogens with zero attached hydrogens (tertiary/aromatic N) is 2. The normalized spacial score (nSPS) is 12.5. The monoisotopic (exact) mass is 1630 g/mol. The third-order valence-electron chi connectivity index (χ3n) is 22.4. The van der Waals surface area contributed by atoms with Crippen LogP contribution in [-0.4, -0.2) is 67.1 Å². The molecule has 4 nitrogen and oxygen atoms in total. The summed E-state index contributed by atoms with van der Waals surface area (Å²) >= 11 is 0.762. The van der Waals surface area contributed by atoms with Crippen LogP contribution in [0, 0.1) is 25.7 Å². The van der Waals surface area contributed by atoms with E-state index in [1.807, 2.05) is 0 Å². The van der Waals surface area contributed by atoms with Crippen molar-refractivity contribution in [3.05, 3.63) is 89.2 Å². The summed E-state index contributed by atoms with van der Waals surface area (Å²) in [6, 6.07) is 18.9. The Bertz CT molecular complexity index is 3140. The molecule has 2 unspecified atom stereocenters. The van der Waals surface area contributed by atoms with Gasteiger partial charge in [-0.25, -0.2) is 0 Å². The molecular weight excluding hydrogens is 1480 g/mol. The molecule has 0 aliphatic rings. The van der Waals surface area contributed by atoms with Crippen molar-refractivity contribution in [2.45, 2.75) is 428 Å². The Morgan fingerprint density at radius 3 is 0.940 bits per heavy atom. The molecular formula is C92H150N2O2Se4. The van der Waals surface area contributed by atoms with Gasteiger partial charge in [-0.3, -0.25) is 0 Å². The molecule has 564 valence electrons. The first-order valence-electron chi connectivity index (χ1n) is 43.3. The molecule has 0 N–H and O–H groups in total. The minimum Gasteiger partial charge on any atom is -0.0654 e. The second-order valence-corrected chi connectivity index (χ2v) is 41.2. The number of aryl methyl sites for hydroxylation is 6. The van der Waals surface area contributed by atoms with Gasteiger partial charge in [0.15, 0.2) is 0 Å². The third-order valence-corrected chi connectivity index (χ3v) is 33.2. The average Bonchev–Trinajstić information content (AvgIpc) is 1.10. The van der Waals surface area contributed by atoms with Crippen molar-refractivity contribution >= 4 is 69.0 Å². The van der Waals surface area contributed by atoms with Gasteiger partial charge in [-0.2, -0.15) is 0 Å².